The second kappa shape index (κ2) is 6.51. The van der Waals surface area contributed by atoms with Gasteiger partial charge in [0.1, 0.15) is 4.90 Å². The van der Waals surface area contributed by atoms with Gasteiger partial charge in [0, 0.05) is 32.2 Å². The second-order valence-corrected chi connectivity index (χ2v) is 6.54. The summed E-state index contributed by atoms with van der Waals surface area (Å²) in [7, 11) is -3.44. The lowest BCUT2D eigenvalue weighted by Crippen LogP contribution is -2.48. The molecule has 112 valence electrons. The van der Waals surface area contributed by atoms with Gasteiger partial charge in [-0.05, 0) is 19.5 Å². The average Bonchev–Trinajstić information content (AvgIpc) is 2.48. The van der Waals surface area contributed by atoms with Crippen molar-refractivity contribution >= 4 is 10.0 Å². The van der Waals surface area contributed by atoms with E-state index in [-0.39, 0.29) is 4.90 Å². The van der Waals surface area contributed by atoms with Crippen LogP contribution in [0.5, 0.6) is 5.88 Å². The van der Waals surface area contributed by atoms with Gasteiger partial charge in [0.2, 0.25) is 15.9 Å². The smallest absolute Gasteiger partial charge is 0.244 e. The lowest BCUT2D eigenvalue weighted by Gasteiger charge is -2.33. The number of hydrogen-bond donors (Lipinski definition) is 0. The zero-order chi connectivity index (χ0) is 14.6. The first-order valence-corrected chi connectivity index (χ1v) is 8.33. The molecule has 2 rings (SSSR count). The van der Waals surface area contributed by atoms with Gasteiger partial charge in [-0.2, -0.15) is 4.31 Å². The lowest BCUT2D eigenvalue weighted by molar-refractivity contribution is 0.196. The molecule has 1 aliphatic rings. The molecule has 7 heteroatoms. The van der Waals surface area contributed by atoms with Gasteiger partial charge in [-0.25, -0.2) is 13.4 Å². The van der Waals surface area contributed by atoms with Crippen molar-refractivity contribution in [1.29, 1.82) is 0 Å². The Morgan fingerprint density at radius 3 is 2.40 bits per heavy atom. The third kappa shape index (κ3) is 3.28. The highest BCUT2D eigenvalue weighted by Gasteiger charge is 2.28. The molecular weight excluding hydrogens is 278 g/mol. The Morgan fingerprint density at radius 2 is 1.90 bits per heavy atom. The molecular formula is C13H21N3O3S. The van der Waals surface area contributed by atoms with E-state index in [9.17, 15) is 8.42 Å². The van der Waals surface area contributed by atoms with E-state index in [2.05, 4.69) is 16.8 Å². The van der Waals surface area contributed by atoms with E-state index in [4.69, 9.17) is 4.74 Å². The highest BCUT2D eigenvalue weighted by Crippen LogP contribution is 2.18. The summed E-state index contributed by atoms with van der Waals surface area (Å²) in [5.74, 6) is 0.447. The van der Waals surface area contributed by atoms with Crippen LogP contribution in [-0.2, 0) is 10.0 Å². The van der Waals surface area contributed by atoms with E-state index >= 15 is 0 Å². The van der Waals surface area contributed by atoms with Gasteiger partial charge in [-0.1, -0.05) is 6.92 Å². The Labute approximate surface area is 120 Å². The fourth-order valence-electron chi connectivity index (χ4n) is 2.19. The Kier molecular flexibility index (Phi) is 4.95. The highest BCUT2D eigenvalue weighted by atomic mass is 32.2. The number of sulfonamides is 1. The van der Waals surface area contributed by atoms with E-state index < -0.39 is 10.0 Å². The van der Waals surface area contributed by atoms with Crippen LogP contribution in [0.3, 0.4) is 0 Å². The van der Waals surface area contributed by atoms with Crippen LogP contribution < -0.4 is 4.74 Å². The molecule has 0 aromatic carbocycles. The van der Waals surface area contributed by atoms with E-state index in [1.165, 1.54) is 10.5 Å². The summed E-state index contributed by atoms with van der Waals surface area (Å²) in [5, 5.41) is 0. The molecule has 0 aliphatic carbocycles. The molecule has 0 spiro atoms. The van der Waals surface area contributed by atoms with Crippen molar-refractivity contribution in [2.75, 3.05) is 39.3 Å². The van der Waals surface area contributed by atoms with Gasteiger partial charge in [-0.3, -0.25) is 0 Å². The van der Waals surface area contributed by atoms with Gasteiger partial charge in [0.15, 0.2) is 0 Å². The maximum atomic E-state index is 12.5. The summed E-state index contributed by atoms with van der Waals surface area (Å²) in [4.78, 5) is 6.49. The molecule has 1 aromatic heterocycles. The zero-order valence-corrected chi connectivity index (χ0v) is 12.8. The van der Waals surface area contributed by atoms with Crippen molar-refractivity contribution in [3.8, 4) is 5.88 Å². The topological polar surface area (TPSA) is 62.7 Å². The van der Waals surface area contributed by atoms with Gasteiger partial charge in [0.05, 0.1) is 12.8 Å². The average molecular weight is 299 g/mol. The summed E-state index contributed by atoms with van der Waals surface area (Å²) in [6.45, 7) is 8.03. The van der Waals surface area contributed by atoms with Crippen LogP contribution in [-0.4, -0.2) is 61.9 Å². The molecule has 0 saturated carbocycles. The van der Waals surface area contributed by atoms with Gasteiger partial charge in [0.25, 0.3) is 0 Å². The molecule has 0 amide bonds. The molecule has 1 saturated heterocycles. The van der Waals surface area contributed by atoms with Gasteiger partial charge < -0.3 is 9.64 Å². The Bertz CT molecular complexity index is 522. The van der Waals surface area contributed by atoms with Crippen molar-refractivity contribution < 1.29 is 13.2 Å². The first-order chi connectivity index (χ1) is 9.57. The fraction of sp³-hybridized carbons (Fsp3) is 0.615. The van der Waals surface area contributed by atoms with E-state index in [0.717, 1.165) is 19.6 Å². The number of nitrogens with zero attached hydrogens (tertiary/aromatic N) is 3. The van der Waals surface area contributed by atoms with Crippen LogP contribution in [0.1, 0.15) is 13.8 Å². The minimum absolute atomic E-state index is 0.228. The molecule has 0 radical (unpaired) electrons. The van der Waals surface area contributed by atoms with Crippen LogP contribution in [0.15, 0.2) is 23.2 Å². The zero-order valence-electron chi connectivity index (χ0n) is 11.9. The molecule has 0 bridgehead atoms. The molecule has 20 heavy (non-hydrogen) atoms. The molecule has 6 nitrogen and oxygen atoms in total. The summed E-state index contributed by atoms with van der Waals surface area (Å²) in [6, 6.07) is 3.15. The molecule has 2 heterocycles. The number of pyridine rings is 1. The number of aromatic nitrogens is 1. The molecule has 1 aromatic rings. The minimum atomic E-state index is -3.44. The first-order valence-electron chi connectivity index (χ1n) is 6.89. The summed E-state index contributed by atoms with van der Waals surface area (Å²) >= 11 is 0. The SMILES string of the molecule is CCOc1ccc(S(=O)(=O)N2CCN(CC)CC2)cn1. The summed E-state index contributed by atoms with van der Waals surface area (Å²) in [5.41, 5.74) is 0. The van der Waals surface area contributed by atoms with Crippen molar-refractivity contribution in [3.05, 3.63) is 18.3 Å². The van der Waals surface area contributed by atoms with Crippen LogP contribution in [0.4, 0.5) is 0 Å². The molecule has 0 atom stereocenters. The number of ether oxygens (including phenoxy) is 1. The maximum Gasteiger partial charge on any atom is 0.244 e. The second-order valence-electron chi connectivity index (χ2n) is 4.60. The van der Waals surface area contributed by atoms with Gasteiger partial charge in [-0.15, -0.1) is 0 Å². The first kappa shape index (κ1) is 15.2. The number of rotatable bonds is 5. The van der Waals surface area contributed by atoms with Crippen LogP contribution in [0.25, 0.3) is 0 Å². The Hall–Kier alpha value is -1.18. The molecule has 1 fully saturated rings. The largest absolute Gasteiger partial charge is 0.478 e. The number of hydrogen-bond acceptors (Lipinski definition) is 5. The normalized spacial score (nSPS) is 18.1. The Balaban J connectivity index is 2.10. The van der Waals surface area contributed by atoms with Crippen molar-refractivity contribution in [1.82, 2.24) is 14.2 Å². The van der Waals surface area contributed by atoms with Crippen LogP contribution in [0.2, 0.25) is 0 Å². The summed E-state index contributed by atoms with van der Waals surface area (Å²) in [6.07, 6.45) is 1.37. The van der Waals surface area contributed by atoms with Crippen molar-refractivity contribution in [2.45, 2.75) is 18.7 Å². The standard InChI is InChI=1S/C13H21N3O3S/c1-3-15-7-9-16(10-8-15)20(17,18)12-5-6-13(14-11-12)19-4-2/h5-6,11H,3-4,7-10H2,1-2H3. The van der Waals surface area contributed by atoms with Crippen molar-refractivity contribution in [3.63, 3.8) is 0 Å². The molecule has 1 aliphatic heterocycles. The quantitative estimate of drug-likeness (QED) is 0.805. The number of likely N-dealkylation sites (N-methyl/N-ethyl adjacent to an activating group) is 1. The third-order valence-electron chi connectivity index (χ3n) is 3.42. The monoisotopic (exact) mass is 299 g/mol. The minimum Gasteiger partial charge on any atom is -0.478 e. The fourth-order valence-corrected chi connectivity index (χ4v) is 3.56. The van der Waals surface area contributed by atoms with Crippen LogP contribution >= 0.6 is 0 Å². The predicted octanol–water partition coefficient (Wildman–Crippen LogP) is 0.806. The van der Waals surface area contributed by atoms with Crippen LogP contribution in [0, 0.1) is 0 Å². The lowest BCUT2D eigenvalue weighted by atomic mass is 10.4. The van der Waals surface area contributed by atoms with Crippen molar-refractivity contribution in [2.24, 2.45) is 0 Å². The highest BCUT2D eigenvalue weighted by molar-refractivity contribution is 7.89. The number of piperazine rings is 1. The third-order valence-corrected chi connectivity index (χ3v) is 5.30. The maximum absolute atomic E-state index is 12.5. The molecule has 0 unspecified atom stereocenters. The van der Waals surface area contributed by atoms with Gasteiger partial charge >= 0.3 is 0 Å². The summed E-state index contributed by atoms with van der Waals surface area (Å²) < 4.78 is 31.7. The Morgan fingerprint density at radius 1 is 1.20 bits per heavy atom. The van der Waals surface area contributed by atoms with E-state index in [0.29, 0.717) is 25.6 Å². The molecule has 0 N–H and O–H groups in total. The van der Waals surface area contributed by atoms with E-state index in [1.807, 2.05) is 6.92 Å². The predicted molar refractivity (Wildman–Crippen MR) is 76.3 cm³/mol. The van der Waals surface area contributed by atoms with E-state index in [1.54, 1.807) is 12.1 Å².